The number of H-pyrrole nitrogens is 2. The molecule has 7 nitrogen and oxygen atoms in total. The van der Waals surface area contributed by atoms with E-state index in [0.717, 1.165) is 70.7 Å². The molecule has 2 aliphatic rings. The van der Waals surface area contributed by atoms with Gasteiger partial charge in [-0.3, -0.25) is 4.79 Å². The van der Waals surface area contributed by atoms with E-state index in [1.165, 1.54) is 11.8 Å². The molecule has 5 N–H and O–H groups in total. The number of aromatic carboxylic acids is 1. The van der Waals surface area contributed by atoms with Gasteiger partial charge in [-0.05, 0) is 72.2 Å². The van der Waals surface area contributed by atoms with Crippen molar-refractivity contribution in [2.75, 3.05) is 13.2 Å². The van der Waals surface area contributed by atoms with Gasteiger partial charge >= 0.3 is 5.97 Å². The second-order valence-electron chi connectivity index (χ2n) is 12.7. The van der Waals surface area contributed by atoms with Gasteiger partial charge in [-0.25, -0.2) is 4.79 Å². The number of fused-ring (bicyclic) bond motifs is 2. The van der Waals surface area contributed by atoms with Gasteiger partial charge in [-0.2, -0.15) is 0 Å². The number of carbonyl (C=O) groups excluding carboxylic acids is 1. The molecular weight excluding hydrogens is 635 g/mol. The Kier molecular flexibility index (Phi) is 7.97. The van der Waals surface area contributed by atoms with Gasteiger partial charge in [0, 0.05) is 61.7 Å². The number of nitrogens with one attached hydrogen (secondary N) is 2. The van der Waals surface area contributed by atoms with Gasteiger partial charge in [0.15, 0.2) is 6.29 Å². The summed E-state index contributed by atoms with van der Waals surface area (Å²) < 4.78 is 0. The number of hydrogen-bond donors (Lipinski definition) is 5. The fraction of sp³-hybridized carbons (Fsp3) is 0.211. The molecule has 47 heavy (non-hydrogen) atoms. The van der Waals surface area contributed by atoms with Crippen LogP contribution in [0.3, 0.4) is 0 Å². The molecule has 2 saturated carbocycles. The van der Waals surface area contributed by atoms with E-state index in [1.54, 1.807) is 12.3 Å². The first-order valence-electron chi connectivity index (χ1n) is 15.4. The minimum atomic E-state index is -0.969. The number of carboxylic acid groups (broad SMARTS) is 1. The lowest BCUT2D eigenvalue weighted by atomic mass is 9.94. The first-order chi connectivity index (χ1) is 22.7. The molecule has 0 aliphatic heterocycles. The van der Waals surface area contributed by atoms with Crippen LogP contribution in [0.25, 0.3) is 44.1 Å². The number of rotatable bonds is 8. The predicted molar refractivity (Wildman–Crippen MR) is 186 cm³/mol. The molecule has 2 aromatic heterocycles. The van der Waals surface area contributed by atoms with Crippen molar-refractivity contribution in [1.29, 1.82) is 0 Å². The monoisotopic (exact) mass is 666 g/mol. The zero-order chi connectivity index (χ0) is 32.9. The molecule has 0 radical (unpaired) electrons. The number of halogens is 2. The molecule has 0 saturated heterocycles. The van der Waals surface area contributed by atoms with Crippen molar-refractivity contribution >= 4 is 57.3 Å². The lowest BCUT2D eigenvalue weighted by Crippen LogP contribution is -2.11. The third kappa shape index (κ3) is 5.63. The molecule has 0 bridgehead atoms. The van der Waals surface area contributed by atoms with Crippen LogP contribution < -0.4 is 0 Å². The highest BCUT2D eigenvalue weighted by Gasteiger charge is 2.44. The van der Waals surface area contributed by atoms with Crippen molar-refractivity contribution in [3.63, 3.8) is 0 Å². The molecule has 2 heterocycles. The van der Waals surface area contributed by atoms with Crippen molar-refractivity contribution in [2.45, 2.75) is 36.5 Å². The number of carbonyl (C=O) groups is 2. The van der Waals surface area contributed by atoms with Crippen LogP contribution in [0.4, 0.5) is 0 Å². The molecular formula is C38H32Cl2N2O5. The second kappa shape index (κ2) is 12.0. The Hall–Kier alpha value is -4.40. The molecule has 6 aromatic rings. The van der Waals surface area contributed by atoms with E-state index >= 15 is 0 Å². The topological polar surface area (TPSA) is 126 Å². The zero-order valence-corrected chi connectivity index (χ0v) is 26.8. The number of benzene rings is 4. The summed E-state index contributed by atoms with van der Waals surface area (Å²) in [7, 11) is 0. The SMILES string of the molecule is O=C(O)c1c[nH]c2cc(Cl)c(-c3ccc(C4(CO)CC4)cc3)cc12.O=Cc1c[nH]c2cc(Cl)c(-c3ccc(C4(CO)CC4)cc3)cc12. The van der Waals surface area contributed by atoms with Gasteiger partial charge in [0.25, 0.3) is 0 Å². The third-order valence-electron chi connectivity index (χ3n) is 9.86. The van der Waals surface area contributed by atoms with E-state index in [4.69, 9.17) is 23.2 Å². The molecule has 0 atom stereocenters. The number of aliphatic hydroxyl groups is 2. The normalized spacial score (nSPS) is 15.7. The number of hydrogen-bond acceptors (Lipinski definition) is 4. The highest BCUT2D eigenvalue weighted by Crippen LogP contribution is 2.49. The Labute approximate surface area is 280 Å². The van der Waals surface area contributed by atoms with Crippen LogP contribution >= 0.6 is 23.2 Å². The lowest BCUT2D eigenvalue weighted by Gasteiger charge is -2.13. The summed E-state index contributed by atoms with van der Waals surface area (Å²) in [6.45, 7) is 0.371. The summed E-state index contributed by atoms with van der Waals surface area (Å²) in [6.07, 6.45) is 8.13. The van der Waals surface area contributed by atoms with E-state index in [9.17, 15) is 24.9 Å². The van der Waals surface area contributed by atoms with E-state index in [1.807, 2.05) is 54.6 Å². The predicted octanol–water partition coefficient (Wildman–Crippen LogP) is 8.54. The molecule has 8 rings (SSSR count). The molecule has 0 amide bonds. The Morgan fingerprint density at radius 2 is 1.15 bits per heavy atom. The summed E-state index contributed by atoms with van der Waals surface area (Å²) in [5, 5.41) is 31.1. The van der Waals surface area contributed by atoms with Gasteiger partial charge < -0.3 is 25.3 Å². The maximum atomic E-state index is 11.3. The van der Waals surface area contributed by atoms with Gasteiger partial charge in [0.1, 0.15) is 0 Å². The summed E-state index contributed by atoms with van der Waals surface area (Å²) in [5.41, 5.74) is 8.28. The summed E-state index contributed by atoms with van der Waals surface area (Å²) in [6, 6.07) is 23.6. The Morgan fingerprint density at radius 1 is 0.702 bits per heavy atom. The maximum Gasteiger partial charge on any atom is 0.337 e. The quantitative estimate of drug-likeness (QED) is 0.104. The van der Waals surface area contributed by atoms with Crippen LogP contribution in [-0.4, -0.2) is 50.8 Å². The van der Waals surface area contributed by atoms with Crippen LogP contribution in [0.15, 0.2) is 85.2 Å². The van der Waals surface area contributed by atoms with Crippen LogP contribution in [0.2, 0.25) is 10.0 Å². The first-order valence-corrected chi connectivity index (χ1v) is 16.2. The Bertz CT molecular complexity index is 2140. The number of carboxylic acids is 1. The molecule has 9 heteroatoms. The molecule has 4 aromatic carbocycles. The molecule has 0 spiro atoms. The van der Waals surface area contributed by atoms with Crippen LogP contribution in [0.5, 0.6) is 0 Å². The lowest BCUT2D eigenvalue weighted by molar-refractivity contribution is 0.0699. The number of aromatic nitrogens is 2. The van der Waals surface area contributed by atoms with Crippen molar-refractivity contribution in [3.05, 3.63) is 117 Å². The minimum absolute atomic E-state index is 0.0302. The van der Waals surface area contributed by atoms with Gasteiger partial charge in [0.05, 0.1) is 28.8 Å². The molecule has 2 aliphatic carbocycles. The van der Waals surface area contributed by atoms with E-state index in [2.05, 4.69) is 22.1 Å². The fourth-order valence-electron chi connectivity index (χ4n) is 6.41. The highest BCUT2D eigenvalue weighted by atomic mass is 35.5. The number of aromatic amines is 2. The second-order valence-corrected chi connectivity index (χ2v) is 13.5. The van der Waals surface area contributed by atoms with Crippen LogP contribution in [0, 0.1) is 0 Å². The Morgan fingerprint density at radius 3 is 1.57 bits per heavy atom. The summed E-state index contributed by atoms with van der Waals surface area (Å²) >= 11 is 12.8. The fourth-order valence-corrected chi connectivity index (χ4v) is 6.95. The largest absolute Gasteiger partial charge is 0.478 e. The van der Waals surface area contributed by atoms with Crippen molar-refractivity contribution in [3.8, 4) is 22.3 Å². The van der Waals surface area contributed by atoms with E-state index in [0.29, 0.717) is 26.5 Å². The number of aldehydes is 1. The van der Waals surface area contributed by atoms with Crippen LogP contribution in [-0.2, 0) is 10.8 Å². The van der Waals surface area contributed by atoms with Gasteiger partial charge in [0.2, 0.25) is 0 Å². The third-order valence-corrected chi connectivity index (χ3v) is 10.5. The Balaban J connectivity index is 0.000000150. The average molecular weight is 668 g/mol. The highest BCUT2D eigenvalue weighted by molar-refractivity contribution is 6.35. The van der Waals surface area contributed by atoms with Gasteiger partial charge in [-0.1, -0.05) is 71.7 Å². The molecule has 238 valence electrons. The molecule has 0 unspecified atom stereocenters. The minimum Gasteiger partial charge on any atom is -0.478 e. The van der Waals surface area contributed by atoms with E-state index in [-0.39, 0.29) is 29.6 Å². The van der Waals surface area contributed by atoms with Crippen molar-refractivity contribution in [1.82, 2.24) is 9.97 Å². The van der Waals surface area contributed by atoms with Gasteiger partial charge in [-0.15, -0.1) is 0 Å². The first kappa shape index (κ1) is 31.2. The van der Waals surface area contributed by atoms with Crippen LogP contribution in [0.1, 0.15) is 57.5 Å². The average Bonchev–Trinajstić information content (AvgIpc) is 3.99. The van der Waals surface area contributed by atoms with Crippen molar-refractivity contribution in [2.24, 2.45) is 0 Å². The maximum absolute atomic E-state index is 11.3. The smallest absolute Gasteiger partial charge is 0.337 e. The standard InChI is InChI=1S/C19H16ClNO3.C19H16ClNO2/c20-16-8-17-14(15(9-21-17)18(23)24)7-13(16)11-1-3-12(4-2-11)19(10-22)5-6-19;20-17-8-18-16(13(10-22)9-21-18)7-15(17)12-1-3-14(4-2-12)19(11-23)5-6-19/h1-4,7-9,21-22H,5-6,10H2,(H,23,24);1-4,7-10,21,23H,5-6,11H2. The number of aliphatic hydroxyl groups excluding tert-OH is 2. The van der Waals surface area contributed by atoms with Crippen molar-refractivity contribution < 1.29 is 24.9 Å². The summed E-state index contributed by atoms with van der Waals surface area (Å²) in [5.74, 6) is -0.969. The van der Waals surface area contributed by atoms with E-state index < -0.39 is 5.97 Å². The zero-order valence-electron chi connectivity index (χ0n) is 25.3. The molecule has 2 fully saturated rings. The summed E-state index contributed by atoms with van der Waals surface area (Å²) in [4.78, 5) is 28.5.